The maximum Gasteiger partial charge on any atom is 0.308 e. The Bertz CT molecular complexity index is 554. The van der Waals surface area contributed by atoms with E-state index in [1.54, 1.807) is 11.8 Å². The second-order valence-corrected chi connectivity index (χ2v) is 6.68. The highest BCUT2D eigenvalue weighted by molar-refractivity contribution is 9.10. The Balaban J connectivity index is 2.06. The molecule has 0 aliphatic heterocycles. The third kappa shape index (κ3) is 4.30. The van der Waals surface area contributed by atoms with Crippen molar-refractivity contribution in [2.75, 3.05) is 6.54 Å². The summed E-state index contributed by atoms with van der Waals surface area (Å²) in [7, 11) is 0. The molecule has 0 spiro atoms. The van der Waals surface area contributed by atoms with E-state index in [0.29, 0.717) is 13.0 Å². The van der Waals surface area contributed by atoms with Crippen molar-refractivity contribution in [3.63, 3.8) is 0 Å². The fraction of sp³-hybridized carbons (Fsp3) is 0.500. The van der Waals surface area contributed by atoms with Gasteiger partial charge in [0.25, 0.3) is 0 Å². The highest BCUT2D eigenvalue weighted by Gasteiger charge is 2.34. The van der Waals surface area contributed by atoms with Gasteiger partial charge in [-0.1, -0.05) is 28.9 Å². The number of hydrogen-bond donors (Lipinski definition) is 1. The molecular formula is C16H20BrNO3. The SMILES string of the molecule is Cc1cc(Br)ccc1CC(=O)N(CC(C)C(=O)O)C1CC1. The second kappa shape index (κ2) is 6.60. The smallest absolute Gasteiger partial charge is 0.308 e. The number of halogens is 1. The maximum atomic E-state index is 12.5. The number of hydrogen-bond acceptors (Lipinski definition) is 2. The summed E-state index contributed by atoms with van der Waals surface area (Å²) in [6.45, 7) is 3.93. The zero-order valence-corrected chi connectivity index (χ0v) is 13.9. The van der Waals surface area contributed by atoms with Crippen LogP contribution in [0.3, 0.4) is 0 Å². The number of aryl methyl sites for hydroxylation is 1. The Kier molecular flexibility index (Phi) is 5.04. The molecular weight excluding hydrogens is 334 g/mol. The van der Waals surface area contributed by atoms with E-state index in [0.717, 1.165) is 28.4 Å². The van der Waals surface area contributed by atoms with Crippen molar-refractivity contribution in [2.45, 2.75) is 39.2 Å². The number of aliphatic carboxylic acids is 1. The van der Waals surface area contributed by atoms with Crippen molar-refractivity contribution < 1.29 is 14.7 Å². The van der Waals surface area contributed by atoms with Crippen LogP contribution < -0.4 is 0 Å². The lowest BCUT2D eigenvalue weighted by molar-refractivity contribution is -0.143. The van der Waals surface area contributed by atoms with Crippen molar-refractivity contribution in [1.82, 2.24) is 4.90 Å². The first-order chi connectivity index (χ1) is 9.88. The molecule has 1 aromatic rings. The molecule has 1 aromatic carbocycles. The van der Waals surface area contributed by atoms with Gasteiger partial charge in [0.15, 0.2) is 0 Å². The molecule has 1 saturated carbocycles. The molecule has 114 valence electrons. The maximum absolute atomic E-state index is 12.5. The van der Waals surface area contributed by atoms with Crippen molar-refractivity contribution in [3.8, 4) is 0 Å². The molecule has 1 atom stereocenters. The zero-order chi connectivity index (χ0) is 15.6. The molecule has 2 rings (SSSR count). The van der Waals surface area contributed by atoms with Crippen LogP contribution in [0.15, 0.2) is 22.7 Å². The highest BCUT2D eigenvalue weighted by atomic mass is 79.9. The third-order valence-electron chi connectivity index (χ3n) is 3.85. The predicted molar refractivity (Wildman–Crippen MR) is 84.1 cm³/mol. The van der Waals surface area contributed by atoms with E-state index in [9.17, 15) is 9.59 Å². The lowest BCUT2D eigenvalue weighted by Crippen LogP contribution is -2.39. The van der Waals surface area contributed by atoms with Crippen LogP contribution >= 0.6 is 15.9 Å². The van der Waals surface area contributed by atoms with Gasteiger partial charge in [0, 0.05) is 17.1 Å². The normalized spacial score (nSPS) is 15.6. The molecule has 1 fully saturated rings. The van der Waals surface area contributed by atoms with Crippen molar-refractivity contribution >= 4 is 27.8 Å². The standard InChI is InChI=1S/C16H20BrNO3/c1-10-7-13(17)4-3-12(10)8-15(19)18(14-5-6-14)9-11(2)16(20)21/h3-4,7,11,14H,5-6,8-9H2,1-2H3,(H,20,21). The van der Waals surface area contributed by atoms with Crippen LogP contribution in [0.5, 0.6) is 0 Å². The summed E-state index contributed by atoms with van der Waals surface area (Å²) in [6.07, 6.45) is 2.30. The summed E-state index contributed by atoms with van der Waals surface area (Å²) in [6, 6.07) is 6.10. The molecule has 1 aliphatic rings. The molecule has 5 heteroatoms. The van der Waals surface area contributed by atoms with E-state index in [1.807, 2.05) is 25.1 Å². The number of rotatable bonds is 6. The van der Waals surface area contributed by atoms with Crippen molar-refractivity contribution in [1.29, 1.82) is 0 Å². The van der Waals surface area contributed by atoms with Crippen LogP contribution in [-0.4, -0.2) is 34.5 Å². The monoisotopic (exact) mass is 353 g/mol. The third-order valence-corrected chi connectivity index (χ3v) is 4.34. The lowest BCUT2D eigenvalue weighted by atomic mass is 10.0. The van der Waals surface area contributed by atoms with Gasteiger partial charge >= 0.3 is 5.97 Å². The molecule has 0 aromatic heterocycles. The number of nitrogens with zero attached hydrogens (tertiary/aromatic N) is 1. The fourth-order valence-corrected chi connectivity index (χ4v) is 2.81. The first kappa shape index (κ1) is 16.0. The minimum absolute atomic E-state index is 0.0241. The van der Waals surface area contributed by atoms with Gasteiger partial charge in [0.2, 0.25) is 5.91 Å². The summed E-state index contributed by atoms with van der Waals surface area (Å²) in [5, 5.41) is 9.04. The quantitative estimate of drug-likeness (QED) is 0.854. The van der Waals surface area contributed by atoms with E-state index in [1.165, 1.54) is 0 Å². The summed E-state index contributed by atoms with van der Waals surface area (Å²) >= 11 is 3.41. The number of carbonyl (C=O) groups excluding carboxylic acids is 1. The van der Waals surface area contributed by atoms with E-state index >= 15 is 0 Å². The molecule has 21 heavy (non-hydrogen) atoms. The van der Waals surface area contributed by atoms with Gasteiger partial charge in [-0.15, -0.1) is 0 Å². The van der Waals surface area contributed by atoms with Crippen molar-refractivity contribution in [3.05, 3.63) is 33.8 Å². The van der Waals surface area contributed by atoms with Gasteiger partial charge in [-0.3, -0.25) is 9.59 Å². The van der Waals surface area contributed by atoms with Crippen LogP contribution in [-0.2, 0) is 16.0 Å². The number of carbonyl (C=O) groups is 2. The van der Waals surface area contributed by atoms with E-state index in [-0.39, 0.29) is 11.9 Å². The number of amides is 1. The Morgan fingerprint density at radius 3 is 2.62 bits per heavy atom. The summed E-state index contributed by atoms with van der Waals surface area (Å²) in [4.78, 5) is 25.3. The summed E-state index contributed by atoms with van der Waals surface area (Å²) < 4.78 is 0.995. The van der Waals surface area contributed by atoms with E-state index < -0.39 is 11.9 Å². The molecule has 1 unspecified atom stereocenters. The number of carboxylic acids is 1. The zero-order valence-electron chi connectivity index (χ0n) is 12.3. The van der Waals surface area contributed by atoms with Crippen LogP contribution in [0.4, 0.5) is 0 Å². The average molecular weight is 354 g/mol. The molecule has 1 aliphatic carbocycles. The minimum atomic E-state index is -0.853. The Morgan fingerprint density at radius 1 is 1.43 bits per heavy atom. The van der Waals surface area contributed by atoms with Crippen LogP contribution in [0.2, 0.25) is 0 Å². The van der Waals surface area contributed by atoms with Gasteiger partial charge in [-0.2, -0.15) is 0 Å². The van der Waals surface area contributed by atoms with Gasteiger partial charge < -0.3 is 10.0 Å². The topological polar surface area (TPSA) is 57.6 Å². The molecule has 0 heterocycles. The lowest BCUT2D eigenvalue weighted by Gasteiger charge is -2.24. The van der Waals surface area contributed by atoms with Gasteiger partial charge in [-0.05, 0) is 43.0 Å². The predicted octanol–water partition coefficient (Wildman–Crippen LogP) is 3.01. The molecule has 4 nitrogen and oxygen atoms in total. The largest absolute Gasteiger partial charge is 0.481 e. The molecule has 0 bridgehead atoms. The molecule has 1 N–H and O–H groups in total. The van der Waals surface area contributed by atoms with Gasteiger partial charge in [0.05, 0.1) is 12.3 Å². The molecule has 0 saturated heterocycles. The Hall–Kier alpha value is -1.36. The Labute approximate surface area is 133 Å². The van der Waals surface area contributed by atoms with E-state index in [2.05, 4.69) is 15.9 Å². The highest BCUT2D eigenvalue weighted by Crippen LogP contribution is 2.28. The number of carboxylic acid groups (broad SMARTS) is 1. The van der Waals surface area contributed by atoms with Gasteiger partial charge in [-0.25, -0.2) is 0 Å². The first-order valence-corrected chi connectivity index (χ1v) is 7.95. The fourth-order valence-electron chi connectivity index (χ4n) is 2.34. The number of benzene rings is 1. The van der Waals surface area contributed by atoms with Crippen molar-refractivity contribution in [2.24, 2.45) is 5.92 Å². The van der Waals surface area contributed by atoms with Gasteiger partial charge in [0.1, 0.15) is 0 Å². The van der Waals surface area contributed by atoms with Crippen LogP contribution in [0, 0.1) is 12.8 Å². The van der Waals surface area contributed by atoms with E-state index in [4.69, 9.17) is 5.11 Å². The van der Waals surface area contributed by atoms with Crippen LogP contribution in [0.25, 0.3) is 0 Å². The Morgan fingerprint density at radius 2 is 2.10 bits per heavy atom. The first-order valence-electron chi connectivity index (χ1n) is 7.15. The minimum Gasteiger partial charge on any atom is -0.481 e. The summed E-state index contributed by atoms with van der Waals surface area (Å²) in [5.74, 6) is -1.36. The molecule has 0 radical (unpaired) electrons. The molecule has 1 amide bonds. The van der Waals surface area contributed by atoms with Crippen LogP contribution in [0.1, 0.15) is 30.9 Å². The average Bonchev–Trinajstić information content (AvgIpc) is 3.23. The second-order valence-electron chi connectivity index (χ2n) is 5.76. The summed E-state index contributed by atoms with van der Waals surface area (Å²) in [5.41, 5.74) is 2.07.